The first kappa shape index (κ1) is 22.4. The Kier molecular flexibility index (Phi) is 9.47. The van der Waals surface area contributed by atoms with Crippen LogP contribution in [0, 0.1) is 0 Å². The van der Waals surface area contributed by atoms with Crippen molar-refractivity contribution in [2.75, 3.05) is 32.1 Å². The fourth-order valence-electron chi connectivity index (χ4n) is 2.91. The highest BCUT2D eigenvalue weighted by Gasteiger charge is 2.15. The maximum absolute atomic E-state index is 12.7. The number of hydrogen-bond acceptors (Lipinski definition) is 5. The number of hydrogen-bond donors (Lipinski definition) is 1. The maximum Gasteiger partial charge on any atom is 0.223 e. The summed E-state index contributed by atoms with van der Waals surface area (Å²) in [4.78, 5) is 15.7. The summed E-state index contributed by atoms with van der Waals surface area (Å²) in [5, 5.41) is 0. The minimum atomic E-state index is 0. The zero-order chi connectivity index (χ0) is 18.9. The number of amides is 1. The van der Waals surface area contributed by atoms with Crippen LogP contribution in [0.3, 0.4) is 0 Å². The Morgan fingerprint density at radius 1 is 1.07 bits per heavy atom. The molecule has 2 aromatic carbocycles. The van der Waals surface area contributed by atoms with Gasteiger partial charge in [-0.25, -0.2) is 0 Å². The van der Waals surface area contributed by atoms with E-state index in [4.69, 9.17) is 15.2 Å². The monoisotopic (exact) mass is 422 g/mol. The van der Waals surface area contributed by atoms with Crippen molar-refractivity contribution in [1.29, 1.82) is 0 Å². The molecule has 1 aliphatic heterocycles. The number of fused-ring (bicyclic) bond motifs is 1. The maximum atomic E-state index is 12.7. The third-order valence-electron chi connectivity index (χ3n) is 4.30. The Labute approximate surface area is 177 Å². The number of ether oxygens (including phenoxy) is 2. The molecule has 0 radical (unpaired) electrons. The molecule has 1 heterocycles. The molecule has 2 N–H and O–H groups in total. The molecule has 2 aromatic rings. The molecule has 7 heteroatoms. The fourth-order valence-corrected chi connectivity index (χ4v) is 3.77. The SMILES string of the molecule is Cl.NCCCN(Cc1ccccc1)C(=O)CCSc1ccc2c(c1)OCCO2. The summed E-state index contributed by atoms with van der Waals surface area (Å²) in [6.45, 7) is 3.08. The topological polar surface area (TPSA) is 64.8 Å². The molecule has 1 amide bonds. The van der Waals surface area contributed by atoms with Crippen molar-refractivity contribution in [3.05, 3.63) is 54.1 Å². The second kappa shape index (κ2) is 11.8. The van der Waals surface area contributed by atoms with Gasteiger partial charge >= 0.3 is 0 Å². The molecule has 0 saturated heterocycles. The third-order valence-corrected chi connectivity index (χ3v) is 5.29. The highest BCUT2D eigenvalue weighted by Crippen LogP contribution is 2.34. The van der Waals surface area contributed by atoms with E-state index in [9.17, 15) is 4.79 Å². The summed E-state index contributed by atoms with van der Waals surface area (Å²) in [5.74, 6) is 2.47. The van der Waals surface area contributed by atoms with Gasteiger partial charge in [0.25, 0.3) is 0 Å². The molecule has 0 spiro atoms. The number of thioether (sulfide) groups is 1. The van der Waals surface area contributed by atoms with E-state index in [2.05, 4.69) is 0 Å². The smallest absolute Gasteiger partial charge is 0.223 e. The molecule has 1 aliphatic rings. The van der Waals surface area contributed by atoms with Gasteiger partial charge in [-0.1, -0.05) is 30.3 Å². The van der Waals surface area contributed by atoms with Gasteiger partial charge in [0.15, 0.2) is 11.5 Å². The van der Waals surface area contributed by atoms with E-state index in [1.807, 2.05) is 53.4 Å². The average molecular weight is 423 g/mol. The Bertz CT molecular complexity index is 746. The van der Waals surface area contributed by atoms with E-state index >= 15 is 0 Å². The number of rotatable bonds is 9. The van der Waals surface area contributed by atoms with Gasteiger partial charge in [0, 0.05) is 30.2 Å². The fraction of sp³-hybridized carbons (Fsp3) is 0.381. The Balaban J connectivity index is 0.00000280. The van der Waals surface area contributed by atoms with Gasteiger partial charge in [0.2, 0.25) is 5.91 Å². The second-order valence-corrected chi connectivity index (χ2v) is 7.52. The van der Waals surface area contributed by atoms with Crippen LogP contribution in [-0.2, 0) is 11.3 Å². The minimum Gasteiger partial charge on any atom is -0.486 e. The molecule has 0 unspecified atom stereocenters. The van der Waals surface area contributed by atoms with Crippen molar-refractivity contribution in [2.24, 2.45) is 5.73 Å². The van der Waals surface area contributed by atoms with Gasteiger partial charge in [-0.3, -0.25) is 4.79 Å². The molecule has 152 valence electrons. The third kappa shape index (κ3) is 6.62. The summed E-state index contributed by atoms with van der Waals surface area (Å²) in [7, 11) is 0. The predicted molar refractivity (Wildman–Crippen MR) is 116 cm³/mol. The van der Waals surface area contributed by atoms with Gasteiger partial charge in [0.05, 0.1) is 0 Å². The van der Waals surface area contributed by atoms with Crippen LogP contribution in [0.2, 0.25) is 0 Å². The van der Waals surface area contributed by atoms with E-state index in [0.29, 0.717) is 39.3 Å². The number of nitrogens with two attached hydrogens (primary N) is 1. The minimum absolute atomic E-state index is 0. The predicted octanol–water partition coefficient (Wildman–Crippen LogP) is 3.74. The van der Waals surface area contributed by atoms with Crippen LogP contribution in [0.4, 0.5) is 0 Å². The number of carbonyl (C=O) groups excluding carboxylic acids is 1. The van der Waals surface area contributed by atoms with E-state index in [0.717, 1.165) is 34.1 Å². The standard InChI is InChI=1S/C21H26N2O3S.ClH/c22-10-4-11-23(16-17-5-2-1-3-6-17)21(24)9-14-27-18-7-8-19-20(15-18)26-13-12-25-19;/h1-3,5-8,15H,4,9-14,16,22H2;1H. The van der Waals surface area contributed by atoms with Gasteiger partial charge < -0.3 is 20.1 Å². The summed E-state index contributed by atoms with van der Waals surface area (Å²) < 4.78 is 11.2. The number of nitrogens with zero attached hydrogens (tertiary/aromatic N) is 1. The quantitative estimate of drug-likeness (QED) is 0.623. The molecular formula is C21H27ClN2O3S. The first-order chi connectivity index (χ1) is 13.3. The molecule has 0 fully saturated rings. The molecule has 0 saturated carbocycles. The van der Waals surface area contributed by atoms with Crippen LogP contribution < -0.4 is 15.2 Å². The molecule has 0 bridgehead atoms. The molecule has 0 atom stereocenters. The van der Waals surface area contributed by atoms with Crippen molar-refractivity contribution in [1.82, 2.24) is 4.90 Å². The summed E-state index contributed by atoms with van der Waals surface area (Å²) in [6.07, 6.45) is 1.31. The van der Waals surface area contributed by atoms with Crippen LogP contribution in [0.15, 0.2) is 53.4 Å². The summed E-state index contributed by atoms with van der Waals surface area (Å²) in [5.41, 5.74) is 6.78. The lowest BCUT2D eigenvalue weighted by Gasteiger charge is -2.23. The zero-order valence-electron chi connectivity index (χ0n) is 15.8. The highest BCUT2D eigenvalue weighted by atomic mass is 35.5. The number of benzene rings is 2. The second-order valence-electron chi connectivity index (χ2n) is 6.35. The molecule has 5 nitrogen and oxygen atoms in total. The first-order valence-corrected chi connectivity index (χ1v) is 10.3. The first-order valence-electron chi connectivity index (χ1n) is 9.30. The molecule has 3 rings (SSSR count). The van der Waals surface area contributed by atoms with Gasteiger partial charge in [-0.05, 0) is 36.7 Å². The van der Waals surface area contributed by atoms with E-state index in [1.165, 1.54) is 0 Å². The molecule has 0 aromatic heterocycles. The zero-order valence-corrected chi connectivity index (χ0v) is 17.5. The van der Waals surface area contributed by atoms with E-state index in [1.54, 1.807) is 11.8 Å². The van der Waals surface area contributed by atoms with Crippen molar-refractivity contribution in [3.8, 4) is 11.5 Å². The normalized spacial score (nSPS) is 12.2. The summed E-state index contributed by atoms with van der Waals surface area (Å²) in [6, 6.07) is 16.0. The molecular weight excluding hydrogens is 396 g/mol. The van der Waals surface area contributed by atoms with Gasteiger partial charge in [-0.2, -0.15) is 0 Å². The Hall–Kier alpha value is -1.89. The van der Waals surface area contributed by atoms with Gasteiger partial charge in [0.1, 0.15) is 13.2 Å². The lowest BCUT2D eigenvalue weighted by molar-refractivity contribution is -0.131. The number of carbonyl (C=O) groups is 1. The lowest BCUT2D eigenvalue weighted by atomic mass is 10.2. The average Bonchev–Trinajstić information content (AvgIpc) is 2.71. The van der Waals surface area contributed by atoms with Crippen molar-refractivity contribution in [2.45, 2.75) is 24.3 Å². The largest absolute Gasteiger partial charge is 0.486 e. The van der Waals surface area contributed by atoms with Crippen molar-refractivity contribution in [3.63, 3.8) is 0 Å². The van der Waals surface area contributed by atoms with Crippen molar-refractivity contribution < 1.29 is 14.3 Å². The molecule has 28 heavy (non-hydrogen) atoms. The van der Waals surface area contributed by atoms with Crippen LogP contribution in [0.25, 0.3) is 0 Å². The van der Waals surface area contributed by atoms with Gasteiger partial charge in [-0.15, -0.1) is 24.2 Å². The summed E-state index contributed by atoms with van der Waals surface area (Å²) >= 11 is 1.66. The number of halogens is 1. The van der Waals surface area contributed by atoms with Crippen LogP contribution in [0.1, 0.15) is 18.4 Å². The molecule has 0 aliphatic carbocycles. The van der Waals surface area contributed by atoms with Crippen LogP contribution >= 0.6 is 24.2 Å². The van der Waals surface area contributed by atoms with Crippen LogP contribution in [-0.4, -0.2) is 42.9 Å². The van der Waals surface area contributed by atoms with E-state index in [-0.39, 0.29) is 18.3 Å². The van der Waals surface area contributed by atoms with Crippen molar-refractivity contribution >= 4 is 30.1 Å². The Morgan fingerprint density at radius 3 is 2.57 bits per heavy atom. The highest BCUT2D eigenvalue weighted by molar-refractivity contribution is 7.99. The lowest BCUT2D eigenvalue weighted by Crippen LogP contribution is -2.32. The Morgan fingerprint density at radius 2 is 1.82 bits per heavy atom. The van der Waals surface area contributed by atoms with Crippen LogP contribution in [0.5, 0.6) is 11.5 Å². The van der Waals surface area contributed by atoms with E-state index < -0.39 is 0 Å².